The average molecular weight is 346 g/mol. The van der Waals surface area contributed by atoms with Gasteiger partial charge in [-0.15, -0.1) is 11.6 Å². The molecule has 0 aromatic heterocycles. The number of alkyl halides is 1. The molecule has 0 bridgehead atoms. The molecule has 1 aliphatic heterocycles. The second-order valence-corrected chi connectivity index (χ2v) is 8.39. The molecule has 1 heterocycles. The van der Waals surface area contributed by atoms with Gasteiger partial charge in [0, 0.05) is 12.4 Å². The zero-order valence-corrected chi connectivity index (χ0v) is 14.8. The third kappa shape index (κ3) is 3.49. The number of halogens is 1. The predicted octanol–water partition coefficient (Wildman–Crippen LogP) is 1.50. The molecule has 1 N–H and O–H groups in total. The minimum absolute atomic E-state index is 0.192. The molecular weight excluding hydrogens is 324 g/mol. The van der Waals surface area contributed by atoms with E-state index in [-0.39, 0.29) is 17.3 Å². The molecule has 0 amide bonds. The number of rotatable bonds is 5. The van der Waals surface area contributed by atoms with Crippen LogP contribution in [0, 0.1) is 0 Å². The lowest BCUT2D eigenvalue weighted by atomic mass is 9.79. The summed E-state index contributed by atoms with van der Waals surface area (Å²) in [6.07, 6.45) is 0. The number of hydrogen-bond donors (Lipinski definition) is 1. The molecule has 8 heteroatoms. The average Bonchev–Trinajstić information content (AvgIpc) is 2.65. The molecule has 1 aliphatic rings. The van der Waals surface area contributed by atoms with Crippen LogP contribution in [0.15, 0.2) is 29.2 Å². The van der Waals surface area contributed by atoms with Crippen molar-refractivity contribution in [2.24, 2.45) is 0 Å². The van der Waals surface area contributed by atoms with E-state index in [1.165, 1.54) is 12.1 Å². The standard InChI is InChI=1S/C14H21BClNO4S/c1-13(2)14(3,4)21-15(20-13)11-5-7-12(8-6-11)22(18,19)17-10-9-16/h5-8,17H,9-10H2,1-4H3. The summed E-state index contributed by atoms with van der Waals surface area (Å²) in [7, 11) is -4.03. The van der Waals surface area contributed by atoms with Crippen LogP contribution in [0.3, 0.4) is 0 Å². The Labute approximate surface area is 137 Å². The molecule has 0 aliphatic carbocycles. The van der Waals surface area contributed by atoms with Crippen LogP contribution in [0.2, 0.25) is 0 Å². The third-order valence-corrected chi connectivity index (χ3v) is 5.77. The third-order valence-electron chi connectivity index (χ3n) is 4.10. The number of nitrogens with one attached hydrogen (secondary N) is 1. The van der Waals surface area contributed by atoms with Gasteiger partial charge in [-0.2, -0.15) is 0 Å². The monoisotopic (exact) mass is 345 g/mol. The Balaban J connectivity index is 2.17. The van der Waals surface area contributed by atoms with Crippen molar-refractivity contribution in [2.75, 3.05) is 12.4 Å². The van der Waals surface area contributed by atoms with E-state index in [9.17, 15) is 8.42 Å². The van der Waals surface area contributed by atoms with Gasteiger partial charge in [0.1, 0.15) is 0 Å². The van der Waals surface area contributed by atoms with Crippen molar-refractivity contribution in [3.8, 4) is 0 Å². The van der Waals surface area contributed by atoms with Crippen molar-refractivity contribution in [3.05, 3.63) is 24.3 Å². The SMILES string of the molecule is CC1(C)OB(c2ccc(S(=O)(=O)NCCCl)cc2)OC1(C)C. The Morgan fingerprint density at radius 1 is 1.09 bits per heavy atom. The summed E-state index contributed by atoms with van der Waals surface area (Å²) in [5, 5.41) is 0. The first kappa shape index (κ1) is 17.8. The van der Waals surface area contributed by atoms with Crippen molar-refractivity contribution >= 4 is 34.2 Å². The fourth-order valence-electron chi connectivity index (χ4n) is 2.04. The summed E-state index contributed by atoms with van der Waals surface area (Å²) in [5.74, 6) is 0.227. The van der Waals surface area contributed by atoms with Crippen LogP contribution in [0.4, 0.5) is 0 Å². The van der Waals surface area contributed by atoms with Gasteiger partial charge >= 0.3 is 7.12 Å². The van der Waals surface area contributed by atoms with E-state index in [2.05, 4.69) is 4.72 Å². The van der Waals surface area contributed by atoms with E-state index in [0.717, 1.165) is 5.46 Å². The maximum absolute atomic E-state index is 12.0. The van der Waals surface area contributed by atoms with Crippen LogP contribution in [0.25, 0.3) is 0 Å². The van der Waals surface area contributed by atoms with E-state index in [4.69, 9.17) is 20.9 Å². The molecule has 1 aromatic rings. The van der Waals surface area contributed by atoms with E-state index in [1.807, 2.05) is 27.7 Å². The van der Waals surface area contributed by atoms with Crippen LogP contribution in [-0.2, 0) is 19.3 Å². The van der Waals surface area contributed by atoms with Crippen LogP contribution in [-0.4, -0.2) is 39.2 Å². The second kappa shape index (κ2) is 6.13. The van der Waals surface area contributed by atoms with Crippen molar-refractivity contribution < 1.29 is 17.7 Å². The van der Waals surface area contributed by atoms with Crippen molar-refractivity contribution in [1.82, 2.24) is 4.72 Å². The van der Waals surface area contributed by atoms with Gasteiger partial charge in [-0.3, -0.25) is 0 Å². The topological polar surface area (TPSA) is 64.6 Å². The first-order chi connectivity index (χ1) is 10.1. The molecule has 1 saturated heterocycles. The molecule has 0 spiro atoms. The van der Waals surface area contributed by atoms with Gasteiger partial charge in [0.25, 0.3) is 0 Å². The fourth-order valence-corrected chi connectivity index (χ4v) is 3.28. The minimum atomic E-state index is -3.52. The molecule has 122 valence electrons. The quantitative estimate of drug-likeness (QED) is 0.649. The summed E-state index contributed by atoms with van der Waals surface area (Å²) in [5.41, 5.74) is -0.0656. The molecule has 0 atom stereocenters. The summed E-state index contributed by atoms with van der Waals surface area (Å²) in [6, 6.07) is 6.49. The Morgan fingerprint density at radius 2 is 1.59 bits per heavy atom. The van der Waals surface area contributed by atoms with Gasteiger partial charge in [0.2, 0.25) is 10.0 Å². The maximum atomic E-state index is 12.0. The molecule has 0 saturated carbocycles. The molecule has 0 radical (unpaired) electrons. The van der Waals surface area contributed by atoms with Crippen molar-refractivity contribution in [1.29, 1.82) is 0 Å². The smallest absolute Gasteiger partial charge is 0.399 e. The van der Waals surface area contributed by atoms with Crippen molar-refractivity contribution in [3.63, 3.8) is 0 Å². The first-order valence-electron chi connectivity index (χ1n) is 7.10. The van der Waals surface area contributed by atoms with Gasteiger partial charge in [-0.1, -0.05) is 12.1 Å². The maximum Gasteiger partial charge on any atom is 0.494 e. The van der Waals surface area contributed by atoms with E-state index >= 15 is 0 Å². The minimum Gasteiger partial charge on any atom is -0.399 e. The Morgan fingerprint density at radius 3 is 2.05 bits per heavy atom. The van der Waals surface area contributed by atoms with Crippen molar-refractivity contribution in [2.45, 2.75) is 43.8 Å². The van der Waals surface area contributed by atoms with Crippen LogP contribution in [0.5, 0.6) is 0 Å². The van der Waals surface area contributed by atoms with Gasteiger partial charge in [0.05, 0.1) is 16.1 Å². The second-order valence-electron chi connectivity index (χ2n) is 6.24. The highest BCUT2D eigenvalue weighted by atomic mass is 35.5. The van der Waals surface area contributed by atoms with E-state index in [1.54, 1.807) is 12.1 Å². The molecule has 22 heavy (non-hydrogen) atoms. The van der Waals surface area contributed by atoms with Gasteiger partial charge in [-0.25, -0.2) is 13.1 Å². The first-order valence-corrected chi connectivity index (χ1v) is 9.12. The van der Waals surface area contributed by atoms with Crippen LogP contribution >= 0.6 is 11.6 Å². The Hall–Kier alpha value is -0.595. The van der Waals surface area contributed by atoms with Gasteiger partial charge < -0.3 is 9.31 Å². The summed E-state index contributed by atoms with van der Waals surface area (Å²) in [6.45, 7) is 8.09. The Bertz CT molecular complexity index is 615. The molecule has 2 rings (SSSR count). The van der Waals surface area contributed by atoms with Gasteiger partial charge in [0.15, 0.2) is 0 Å². The molecule has 0 unspecified atom stereocenters. The highest BCUT2D eigenvalue weighted by molar-refractivity contribution is 7.89. The highest BCUT2D eigenvalue weighted by Crippen LogP contribution is 2.36. The van der Waals surface area contributed by atoms with Crippen LogP contribution < -0.4 is 10.2 Å². The molecular formula is C14H21BClNO4S. The zero-order chi connectivity index (χ0) is 16.6. The normalized spacial score (nSPS) is 20.3. The fraction of sp³-hybridized carbons (Fsp3) is 0.571. The number of hydrogen-bond acceptors (Lipinski definition) is 4. The summed E-state index contributed by atoms with van der Waals surface area (Å²) in [4.78, 5) is 0.192. The highest BCUT2D eigenvalue weighted by Gasteiger charge is 2.51. The lowest BCUT2D eigenvalue weighted by Crippen LogP contribution is -2.41. The summed E-state index contributed by atoms with van der Waals surface area (Å²) >= 11 is 5.50. The van der Waals surface area contributed by atoms with E-state index in [0.29, 0.717) is 0 Å². The molecule has 1 fully saturated rings. The summed E-state index contributed by atoms with van der Waals surface area (Å²) < 4.78 is 38.3. The van der Waals surface area contributed by atoms with Gasteiger partial charge in [-0.05, 0) is 45.3 Å². The largest absolute Gasteiger partial charge is 0.494 e. The molecule has 5 nitrogen and oxygen atoms in total. The van der Waals surface area contributed by atoms with Crippen LogP contribution in [0.1, 0.15) is 27.7 Å². The number of benzene rings is 1. The predicted molar refractivity (Wildman–Crippen MR) is 88.1 cm³/mol. The number of sulfonamides is 1. The van der Waals surface area contributed by atoms with E-state index < -0.39 is 28.3 Å². The lowest BCUT2D eigenvalue weighted by molar-refractivity contribution is 0.00578. The Kier molecular flexibility index (Phi) is 4.95. The zero-order valence-electron chi connectivity index (χ0n) is 13.2. The lowest BCUT2D eigenvalue weighted by Gasteiger charge is -2.32. The molecule has 1 aromatic carbocycles.